The molecule has 0 saturated heterocycles. The number of hydrogen-bond acceptors (Lipinski definition) is 2. The monoisotopic (exact) mass is 278 g/mol. The molecular weight excluding hydrogens is 268 g/mol. The van der Waals surface area contributed by atoms with Crippen LogP contribution in [0, 0.1) is 6.92 Å². The second-order valence-corrected chi connectivity index (χ2v) is 4.01. The van der Waals surface area contributed by atoms with Crippen LogP contribution in [0.3, 0.4) is 0 Å². The number of nitrogens with zero attached hydrogens (tertiary/aromatic N) is 2. The molecule has 0 aliphatic rings. The van der Waals surface area contributed by atoms with Gasteiger partial charge < -0.3 is 0 Å². The van der Waals surface area contributed by atoms with Gasteiger partial charge in [-0.3, -0.25) is 4.79 Å². The van der Waals surface area contributed by atoms with Gasteiger partial charge in [-0.2, -0.15) is 5.10 Å². The number of para-hydroxylation sites is 1. The highest BCUT2D eigenvalue weighted by molar-refractivity contribution is 9.09. The van der Waals surface area contributed by atoms with Crippen molar-refractivity contribution >= 4 is 21.7 Å². The Kier molecular flexibility index (Phi) is 3.19. The zero-order valence-corrected chi connectivity index (χ0v) is 10.4. The van der Waals surface area contributed by atoms with Crippen LogP contribution in [-0.2, 0) is 0 Å². The van der Waals surface area contributed by atoms with Crippen LogP contribution in [0.15, 0.2) is 36.5 Å². The molecule has 3 nitrogen and oxygen atoms in total. The average molecular weight is 279 g/mol. The van der Waals surface area contributed by atoms with Crippen molar-refractivity contribution in [1.29, 1.82) is 0 Å². The van der Waals surface area contributed by atoms with Crippen molar-refractivity contribution in [2.24, 2.45) is 0 Å². The molecule has 2 aromatic rings. The van der Waals surface area contributed by atoms with Crippen molar-refractivity contribution in [2.75, 3.05) is 5.33 Å². The Morgan fingerprint density at radius 2 is 2.06 bits per heavy atom. The lowest BCUT2D eigenvalue weighted by Gasteiger charge is -2.04. The van der Waals surface area contributed by atoms with E-state index in [9.17, 15) is 4.79 Å². The Balaban J connectivity index is 2.45. The Bertz CT molecular complexity index is 505. The quantitative estimate of drug-likeness (QED) is 0.639. The molecule has 0 saturated carbocycles. The average Bonchev–Trinajstić information content (AvgIpc) is 2.71. The molecule has 0 radical (unpaired) electrons. The van der Waals surface area contributed by atoms with Crippen LogP contribution >= 0.6 is 15.9 Å². The molecule has 0 amide bonds. The summed E-state index contributed by atoms with van der Waals surface area (Å²) in [6.07, 6.45) is 1.62. The summed E-state index contributed by atoms with van der Waals surface area (Å²) in [5, 5.41) is 4.56. The second-order valence-electron chi connectivity index (χ2n) is 3.45. The van der Waals surface area contributed by atoms with Gasteiger partial charge in [0.25, 0.3) is 0 Å². The lowest BCUT2D eigenvalue weighted by molar-refractivity contribution is 0.102. The molecule has 4 heteroatoms. The standard InChI is InChI=1S/C12H11BrN2O/c1-9-11(12(16)7-13)8-14-15(9)10-5-3-2-4-6-10/h2-6,8H,7H2,1H3. The van der Waals surface area contributed by atoms with Gasteiger partial charge in [0, 0.05) is 0 Å². The predicted molar refractivity (Wildman–Crippen MR) is 66.4 cm³/mol. The van der Waals surface area contributed by atoms with Crippen LogP contribution in [-0.4, -0.2) is 20.9 Å². The van der Waals surface area contributed by atoms with Crippen molar-refractivity contribution in [1.82, 2.24) is 9.78 Å². The lowest BCUT2D eigenvalue weighted by atomic mass is 10.2. The van der Waals surface area contributed by atoms with E-state index in [1.54, 1.807) is 10.9 Å². The smallest absolute Gasteiger partial charge is 0.176 e. The van der Waals surface area contributed by atoms with Crippen LogP contribution in [0.1, 0.15) is 16.1 Å². The topological polar surface area (TPSA) is 34.9 Å². The van der Waals surface area contributed by atoms with E-state index in [4.69, 9.17) is 0 Å². The van der Waals surface area contributed by atoms with E-state index in [-0.39, 0.29) is 5.78 Å². The second kappa shape index (κ2) is 4.61. The highest BCUT2D eigenvalue weighted by Crippen LogP contribution is 2.14. The number of aromatic nitrogens is 2. The molecule has 0 unspecified atom stereocenters. The van der Waals surface area contributed by atoms with Crippen molar-refractivity contribution in [3.8, 4) is 5.69 Å². The SMILES string of the molecule is Cc1c(C(=O)CBr)cnn1-c1ccccc1. The van der Waals surface area contributed by atoms with Crippen LogP contribution in [0.2, 0.25) is 0 Å². The molecule has 0 aliphatic heterocycles. The summed E-state index contributed by atoms with van der Waals surface area (Å²) in [5.74, 6) is 0.0553. The van der Waals surface area contributed by atoms with Gasteiger partial charge in [-0.25, -0.2) is 4.68 Å². The molecule has 0 fully saturated rings. The first-order valence-corrected chi connectivity index (χ1v) is 6.05. The first-order valence-electron chi connectivity index (χ1n) is 4.93. The zero-order valence-electron chi connectivity index (χ0n) is 8.85. The highest BCUT2D eigenvalue weighted by atomic mass is 79.9. The normalized spacial score (nSPS) is 10.4. The van der Waals surface area contributed by atoms with Crippen LogP contribution in [0.5, 0.6) is 0 Å². The fraction of sp³-hybridized carbons (Fsp3) is 0.167. The number of benzene rings is 1. The summed E-state index contributed by atoms with van der Waals surface area (Å²) >= 11 is 3.16. The maximum absolute atomic E-state index is 11.6. The summed E-state index contributed by atoms with van der Waals surface area (Å²) in [5.41, 5.74) is 2.50. The number of rotatable bonds is 3. The predicted octanol–water partition coefficient (Wildman–Crippen LogP) is 2.76. The molecule has 0 aliphatic carbocycles. The number of ketones is 1. The number of hydrogen-bond donors (Lipinski definition) is 0. The maximum atomic E-state index is 11.6. The minimum absolute atomic E-state index is 0.0553. The Morgan fingerprint density at radius 3 is 2.69 bits per heavy atom. The van der Waals surface area contributed by atoms with Crippen LogP contribution < -0.4 is 0 Å². The minimum Gasteiger partial charge on any atom is -0.293 e. The maximum Gasteiger partial charge on any atom is 0.176 e. The third-order valence-corrected chi connectivity index (χ3v) is 2.94. The van der Waals surface area contributed by atoms with E-state index in [0.717, 1.165) is 11.4 Å². The first kappa shape index (κ1) is 11.1. The van der Waals surface area contributed by atoms with E-state index in [1.807, 2.05) is 37.3 Å². The molecule has 16 heavy (non-hydrogen) atoms. The van der Waals surface area contributed by atoms with Gasteiger partial charge in [0.05, 0.1) is 28.5 Å². The van der Waals surface area contributed by atoms with E-state index in [1.165, 1.54) is 0 Å². The lowest BCUT2D eigenvalue weighted by Crippen LogP contribution is -2.03. The van der Waals surface area contributed by atoms with Gasteiger partial charge >= 0.3 is 0 Å². The molecule has 1 aromatic heterocycles. The fourth-order valence-electron chi connectivity index (χ4n) is 1.58. The van der Waals surface area contributed by atoms with Crippen molar-refractivity contribution < 1.29 is 4.79 Å². The van der Waals surface area contributed by atoms with Crippen LogP contribution in [0.4, 0.5) is 0 Å². The first-order chi connectivity index (χ1) is 7.74. The number of carbonyl (C=O) groups is 1. The van der Waals surface area contributed by atoms with Crippen molar-refractivity contribution in [3.63, 3.8) is 0 Å². The van der Waals surface area contributed by atoms with Crippen molar-refractivity contribution in [3.05, 3.63) is 47.8 Å². The summed E-state index contributed by atoms with van der Waals surface area (Å²) in [7, 11) is 0. The highest BCUT2D eigenvalue weighted by Gasteiger charge is 2.13. The van der Waals surface area contributed by atoms with Crippen LogP contribution in [0.25, 0.3) is 5.69 Å². The van der Waals surface area contributed by atoms with E-state index in [0.29, 0.717) is 10.9 Å². The molecule has 82 valence electrons. The number of Topliss-reactive ketones (excluding diaryl/α,β-unsaturated/α-hetero) is 1. The third-order valence-electron chi connectivity index (χ3n) is 2.43. The Morgan fingerprint density at radius 1 is 1.38 bits per heavy atom. The molecule has 0 bridgehead atoms. The van der Waals surface area contributed by atoms with Crippen molar-refractivity contribution in [2.45, 2.75) is 6.92 Å². The summed E-state index contributed by atoms with van der Waals surface area (Å²) in [6.45, 7) is 1.90. The molecular formula is C12H11BrN2O. The number of carbonyl (C=O) groups excluding carboxylic acids is 1. The molecule has 2 rings (SSSR count). The zero-order chi connectivity index (χ0) is 11.5. The fourth-order valence-corrected chi connectivity index (χ4v) is 1.89. The molecule has 0 spiro atoms. The minimum atomic E-state index is 0.0553. The summed E-state index contributed by atoms with van der Waals surface area (Å²) in [4.78, 5) is 11.6. The Hall–Kier alpha value is -1.42. The third kappa shape index (κ3) is 1.93. The number of halogens is 1. The van der Waals surface area contributed by atoms with Gasteiger partial charge in [-0.1, -0.05) is 34.1 Å². The number of alkyl halides is 1. The van der Waals surface area contributed by atoms with Gasteiger partial charge in [0.15, 0.2) is 5.78 Å². The van der Waals surface area contributed by atoms with E-state index in [2.05, 4.69) is 21.0 Å². The van der Waals surface area contributed by atoms with Gasteiger partial charge in [-0.05, 0) is 19.1 Å². The van der Waals surface area contributed by atoms with E-state index >= 15 is 0 Å². The van der Waals surface area contributed by atoms with Gasteiger partial charge in [0.2, 0.25) is 0 Å². The molecule has 1 aromatic carbocycles. The summed E-state index contributed by atoms with van der Waals surface area (Å²) < 4.78 is 1.77. The van der Waals surface area contributed by atoms with E-state index < -0.39 is 0 Å². The largest absolute Gasteiger partial charge is 0.293 e. The van der Waals surface area contributed by atoms with Gasteiger partial charge in [0.1, 0.15) is 0 Å². The molecule has 1 heterocycles. The molecule has 0 atom stereocenters. The molecule has 0 N–H and O–H groups in total. The summed E-state index contributed by atoms with van der Waals surface area (Å²) in [6, 6.07) is 9.77. The van der Waals surface area contributed by atoms with Gasteiger partial charge in [-0.15, -0.1) is 0 Å². The Labute approximate surface area is 102 Å².